The molecule has 0 aliphatic carbocycles. The van der Waals surface area contributed by atoms with Gasteiger partial charge in [0.1, 0.15) is 11.0 Å². The third kappa shape index (κ3) is 2.87. The molecule has 0 saturated heterocycles. The predicted octanol–water partition coefficient (Wildman–Crippen LogP) is 4.02. The summed E-state index contributed by atoms with van der Waals surface area (Å²) in [7, 11) is 0. The molecule has 0 N–H and O–H groups in total. The average Bonchev–Trinajstić information content (AvgIpc) is 2.77. The fourth-order valence-electron chi connectivity index (χ4n) is 2.57. The highest BCUT2D eigenvalue weighted by Gasteiger charge is 2.34. The minimum Gasteiger partial charge on any atom is -0.296 e. The minimum absolute atomic E-state index is 0.0542. The summed E-state index contributed by atoms with van der Waals surface area (Å²) < 4.78 is 14.9. The normalized spacial score (nSPS) is 16.7. The number of thiol groups is 1. The largest absolute Gasteiger partial charge is 0.296 e. The van der Waals surface area contributed by atoms with Gasteiger partial charge in [0.05, 0.1) is 17.5 Å². The predicted molar refractivity (Wildman–Crippen MR) is 91.0 cm³/mol. The van der Waals surface area contributed by atoms with Crippen molar-refractivity contribution in [2.75, 3.05) is 4.90 Å². The number of nitrogens with zero attached hydrogens (tertiary/aromatic N) is 2. The molecule has 0 saturated carbocycles. The number of fused-ring (bicyclic) bond motifs is 1. The van der Waals surface area contributed by atoms with Crippen LogP contribution in [0.3, 0.4) is 0 Å². The lowest BCUT2D eigenvalue weighted by Crippen LogP contribution is -2.36. The molecule has 22 heavy (non-hydrogen) atoms. The number of benzene rings is 1. The van der Waals surface area contributed by atoms with E-state index in [1.807, 2.05) is 6.07 Å². The first kappa shape index (κ1) is 15.8. The number of hydrogen-bond acceptors (Lipinski definition) is 3. The maximum absolute atomic E-state index is 14.3. The van der Waals surface area contributed by atoms with Crippen molar-refractivity contribution < 1.29 is 9.18 Å². The lowest BCUT2D eigenvalue weighted by molar-refractivity contribution is -0.118. The Morgan fingerprint density at radius 3 is 3.05 bits per heavy atom. The van der Waals surface area contributed by atoms with Crippen molar-refractivity contribution in [1.29, 1.82) is 0 Å². The monoisotopic (exact) mass is 400 g/mol. The molecule has 0 bridgehead atoms. The van der Waals surface area contributed by atoms with Gasteiger partial charge in [-0.15, -0.1) is 0 Å². The summed E-state index contributed by atoms with van der Waals surface area (Å²) in [4.78, 5) is 17.9. The second kappa shape index (κ2) is 6.18. The Labute approximate surface area is 146 Å². The first-order valence-corrected chi connectivity index (χ1v) is 8.23. The van der Waals surface area contributed by atoms with Crippen LogP contribution in [-0.2, 0) is 17.6 Å². The quantitative estimate of drug-likeness (QED) is 0.609. The molecule has 7 heteroatoms. The topological polar surface area (TPSA) is 33.2 Å². The number of carbonyl (C=O) groups is 1. The van der Waals surface area contributed by atoms with Crippen molar-refractivity contribution in [3.8, 4) is 0 Å². The smallest absolute Gasteiger partial charge is 0.232 e. The molecule has 0 radical (unpaired) electrons. The Balaban J connectivity index is 1.93. The van der Waals surface area contributed by atoms with E-state index in [0.29, 0.717) is 22.1 Å². The molecule has 3 rings (SSSR count). The van der Waals surface area contributed by atoms with E-state index in [1.54, 1.807) is 18.3 Å². The van der Waals surface area contributed by atoms with Gasteiger partial charge in [-0.25, -0.2) is 9.37 Å². The lowest BCUT2D eigenvalue weighted by Gasteiger charge is -2.22. The van der Waals surface area contributed by atoms with Gasteiger partial charge in [0.15, 0.2) is 0 Å². The van der Waals surface area contributed by atoms with Gasteiger partial charge < -0.3 is 0 Å². The molecule has 1 aromatic heterocycles. The van der Waals surface area contributed by atoms with Crippen LogP contribution in [0.25, 0.3) is 0 Å². The molecule has 1 atom stereocenters. The minimum atomic E-state index is -0.438. The number of pyridine rings is 1. The highest BCUT2D eigenvalue weighted by Crippen LogP contribution is 2.38. The molecule has 3 nitrogen and oxygen atoms in total. The van der Waals surface area contributed by atoms with Crippen molar-refractivity contribution in [3.05, 3.63) is 57.0 Å². The van der Waals surface area contributed by atoms with Crippen molar-refractivity contribution in [2.24, 2.45) is 0 Å². The number of aromatic nitrogens is 1. The molecule has 1 unspecified atom stereocenters. The standard InChI is InChI=1S/C15H11BrClFN2OS/c16-10-4-9-6-13(22)20(14(9)11(18)7-10)12(21)5-8-2-1-3-19-15(8)17/h1-4,7,13,22H,5-6H2. The summed E-state index contributed by atoms with van der Waals surface area (Å²) in [6, 6.07) is 6.60. The molecule has 1 aromatic carbocycles. The van der Waals surface area contributed by atoms with Crippen molar-refractivity contribution >= 4 is 51.8 Å². The molecule has 0 spiro atoms. The van der Waals surface area contributed by atoms with Crippen LogP contribution in [0.1, 0.15) is 11.1 Å². The van der Waals surface area contributed by atoms with E-state index in [9.17, 15) is 9.18 Å². The fraction of sp³-hybridized carbons (Fsp3) is 0.200. The van der Waals surface area contributed by atoms with Gasteiger partial charge in [-0.2, -0.15) is 12.6 Å². The second-order valence-electron chi connectivity index (χ2n) is 4.97. The van der Waals surface area contributed by atoms with Gasteiger partial charge in [0.2, 0.25) is 5.91 Å². The van der Waals surface area contributed by atoms with E-state index in [0.717, 1.165) is 5.56 Å². The summed E-state index contributed by atoms with van der Waals surface area (Å²) in [5.41, 5.74) is 1.67. The molecule has 2 aromatic rings. The molecule has 1 aliphatic rings. The third-order valence-electron chi connectivity index (χ3n) is 3.50. The average molecular weight is 402 g/mol. The van der Waals surface area contributed by atoms with E-state index in [4.69, 9.17) is 11.6 Å². The van der Waals surface area contributed by atoms with Crippen LogP contribution in [0, 0.1) is 5.82 Å². The third-order valence-corrected chi connectivity index (χ3v) is 4.71. The lowest BCUT2D eigenvalue weighted by atomic mass is 10.1. The highest BCUT2D eigenvalue weighted by atomic mass is 79.9. The van der Waals surface area contributed by atoms with Gasteiger partial charge in [0.25, 0.3) is 0 Å². The number of anilines is 1. The molecule has 0 fully saturated rings. The fourth-order valence-corrected chi connectivity index (χ4v) is 3.68. The van der Waals surface area contributed by atoms with Gasteiger partial charge in [-0.05, 0) is 29.3 Å². The number of carbonyl (C=O) groups excluding carboxylic acids is 1. The Kier molecular flexibility index (Phi) is 4.43. The molecule has 114 valence electrons. The number of hydrogen-bond donors (Lipinski definition) is 1. The van der Waals surface area contributed by atoms with Crippen LogP contribution >= 0.6 is 40.2 Å². The van der Waals surface area contributed by atoms with Gasteiger partial charge in [-0.1, -0.05) is 33.6 Å². The van der Waals surface area contributed by atoms with Crippen LogP contribution < -0.4 is 4.90 Å². The Morgan fingerprint density at radius 2 is 2.32 bits per heavy atom. The molecule has 2 heterocycles. The summed E-state index contributed by atoms with van der Waals surface area (Å²) in [5.74, 6) is -0.693. The van der Waals surface area contributed by atoms with Crippen LogP contribution in [0.2, 0.25) is 5.15 Å². The number of rotatable bonds is 2. The maximum atomic E-state index is 14.3. The maximum Gasteiger partial charge on any atom is 0.232 e. The molecule has 1 amide bonds. The Hall–Kier alpha value is -1.11. The highest BCUT2D eigenvalue weighted by molar-refractivity contribution is 9.10. The molecular formula is C15H11BrClFN2OS. The summed E-state index contributed by atoms with van der Waals surface area (Å²) in [5, 5.41) is -0.107. The van der Waals surface area contributed by atoms with Crippen molar-refractivity contribution in [2.45, 2.75) is 18.2 Å². The van der Waals surface area contributed by atoms with E-state index in [-0.39, 0.29) is 22.9 Å². The van der Waals surface area contributed by atoms with Crippen molar-refractivity contribution in [3.63, 3.8) is 0 Å². The zero-order chi connectivity index (χ0) is 15.9. The Morgan fingerprint density at radius 1 is 1.55 bits per heavy atom. The zero-order valence-corrected chi connectivity index (χ0v) is 14.5. The Bertz CT molecular complexity index is 758. The summed E-state index contributed by atoms with van der Waals surface area (Å²) in [6.45, 7) is 0. The zero-order valence-electron chi connectivity index (χ0n) is 11.3. The SMILES string of the molecule is O=C(Cc1cccnc1Cl)N1c2c(F)cc(Br)cc2CC1S. The van der Waals surface area contributed by atoms with Crippen LogP contribution in [0.4, 0.5) is 10.1 Å². The number of halogens is 3. The van der Waals surface area contributed by atoms with E-state index >= 15 is 0 Å². The first-order valence-electron chi connectivity index (χ1n) is 6.55. The van der Waals surface area contributed by atoms with E-state index < -0.39 is 5.82 Å². The van der Waals surface area contributed by atoms with Gasteiger partial charge in [-0.3, -0.25) is 9.69 Å². The summed E-state index contributed by atoms with van der Waals surface area (Å²) >= 11 is 13.7. The molecular weight excluding hydrogens is 391 g/mol. The molecule has 1 aliphatic heterocycles. The van der Waals surface area contributed by atoms with Crippen molar-refractivity contribution in [1.82, 2.24) is 4.98 Å². The van der Waals surface area contributed by atoms with Crippen LogP contribution in [-0.4, -0.2) is 16.3 Å². The summed E-state index contributed by atoms with van der Waals surface area (Å²) in [6.07, 6.45) is 2.11. The number of amides is 1. The first-order chi connectivity index (χ1) is 10.5. The van der Waals surface area contributed by atoms with E-state index in [1.165, 1.54) is 11.0 Å². The van der Waals surface area contributed by atoms with Crippen LogP contribution in [0.5, 0.6) is 0 Å². The second-order valence-corrected chi connectivity index (χ2v) is 6.84. The van der Waals surface area contributed by atoms with Crippen LogP contribution in [0.15, 0.2) is 34.9 Å². The van der Waals surface area contributed by atoms with E-state index in [2.05, 4.69) is 33.5 Å². The van der Waals surface area contributed by atoms with Gasteiger partial charge in [0, 0.05) is 17.1 Å². The van der Waals surface area contributed by atoms with Gasteiger partial charge >= 0.3 is 0 Å².